The van der Waals surface area contributed by atoms with E-state index in [-0.39, 0.29) is 16.7 Å². The maximum atomic E-state index is 13.2. The van der Waals surface area contributed by atoms with Gasteiger partial charge in [-0.2, -0.15) is 0 Å². The molecular weight excluding hydrogens is 396 g/mol. The van der Waals surface area contributed by atoms with Crippen LogP contribution < -0.4 is 4.74 Å². The molecule has 0 aromatic heterocycles. The van der Waals surface area contributed by atoms with Gasteiger partial charge in [0.05, 0.1) is 18.4 Å². The minimum Gasteiger partial charge on any atom is -0.497 e. The van der Waals surface area contributed by atoms with E-state index in [9.17, 15) is 9.59 Å². The van der Waals surface area contributed by atoms with Gasteiger partial charge in [0.1, 0.15) is 5.75 Å². The van der Waals surface area contributed by atoms with Crippen molar-refractivity contribution in [2.75, 3.05) is 32.5 Å². The Morgan fingerprint density at radius 2 is 1.67 bits per heavy atom. The molecule has 2 aromatic carbocycles. The number of likely N-dealkylation sites (tertiary alicyclic amines) is 1. The summed E-state index contributed by atoms with van der Waals surface area (Å²) in [5.74, 6) is 2.01. The molecular formula is C24H28N2O3S. The van der Waals surface area contributed by atoms with E-state index < -0.39 is 0 Å². The number of methoxy groups -OCH3 is 1. The fourth-order valence-electron chi connectivity index (χ4n) is 4.30. The monoisotopic (exact) mass is 424 g/mol. The Morgan fingerprint density at radius 1 is 1.00 bits per heavy atom. The van der Waals surface area contributed by atoms with Crippen LogP contribution in [0.25, 0.3) is 0 Å². The third kappa shape index (κ3) is 4.19. The topological polar surface area (TPSA) is 49.9 Å². The number of benzene rings is 2. The highest BCUT2D eigenvalue weighted by Gasteiger charge is 2.47. The van der Waals surface area contributed by atoms with Crippen LogP contribution in [0.2, 0.25) is 0 Å². The zero-order valence-corrected chi connectivity index (χ0v) is 18.4. The number of ether oxygens (including phenoxy) is 1. The van der Waals surface area contributed by atoms with Gasteiger partial charge in [0, 0.05) is 31.0 Å². The molecule has 0 saturated carbocycles. The van der Waals surface area contributed by atoms with E-state index in [4.69, 9.17) is 4.74 Å². The third-order valence-electron chi connectivity index (χ3n) is 6.13. The SMILES string of the molecule is COc1ccc(CC(=O)N2CCC3(CC2)SCCN3C(=O)c2ccc(C)cc2)cc1. The Labute approximate surface area is 182 Å². The van der Waals surface area contributed by atoms with Crippen molar-refractivity contribution in [2.24, 2.45) is 0 Å². The van der Waals surface area contributed by atoms with Crippen LogP contribution in [0, 0.1) is 6.92 Å². The Bertz CT molecular complexity index is 903. The van der Waals surface area contributed by atoms with Crippen LogP contribution >= 0.6 is 11.8 Å². The fraction of sp³-hybridized carbons (Fsp3) is 0.417. The minimum atomic E-state index is -0.182. The molecule has 2 heterocycles. The molecule has 2 aliphatic heterocycles. The van der Waals surface area contributed by atoms with Crippen LogP contribution in [0.3, 0.4) is 0 Å². The second-order valence-corrected chi connectivity index (χ2v) is 9.48. The highest BCUT2D eigenvalue weighted by molar-refractivity contribution is 8.00. The van der Waals surface area contributed by atoms with Crippen molar-refractivity contribution >= 4 is 23.6 Å². The lowest BCUT2D eigenvalue weighted by Gasteiger charge is -2.44. The van der Waals surface area contributed by atoms with Crippen molar-refractivity contribution in [3.8, 4) is 5.75 Å². The highest BCUT2D eigenvalue weighted by Crippen LogP contribution is 2.44. The summed E-state index contributed by atoms with van der Waals surface area (Å²) in [5.41, 5.74) is 2.90. The second kappa shape index (κ2) is 8.72. The quantitative estimate of drug-likeness (QED) is 0.750. The summed E-state index contributed by atoms with van der Waals surface area (Å²) in [5, 5.41) is 0. The molecule has 1 spiro atoms. The molecule has 0 unspecified atom stereocenters. The van der Waals surface area contributed by atoms with Crippen molar-refractivity contribution < 1.29 is 14.3 Å². The van der Waals surface area contributed by atoms with Gasteiger partial charge >= 0.3 is 0 Å². The van der Waals surface area contributed by atoms with Crippen LogP contribution in [-0.4, -0.2) is 59.0 Å². The van der Waals surface area contributed by atoms with Crippen LogP contribution in [0.5, 0.6) is 5.75 Å². The van der Waals surface area contributed by atoms with E-state index in [1.165, 1.54) is 0 Å². The van der Waals surface area contributed by atoms with E-state index in [2.05, 4.69) is 0 Å². The minimum absolute atomic E-state index is 0.109. The Hall–Kier alpha value is -2.47. The number of hydrogen-bond donors (Lipinski definition) is 0. The molecule has 2 aliphatic rings. The van der Waals surface area contributed by atoms with Crippen molar-refractivity contribution in [1.82, 2.24) is 9.80 Å². The van der Waals surface area contributed by atoms with Crippen molar-refractivity contribution in [3.63, 3.8) is 0 Å². The Morgan fingerprint density at radius 3 is 2.30 bits per heavy atom. The van der Waals surface area contributed by atoms with Gasteiger partial charge in [0.15, 0.2) is 0 Å². The lowest BCUT2D eigenvalue weighted by atomic mass is 10.00. The molecule has 5 nitrogen and oxygen atoms in total. The van der Waals surface area contributed by atoms with E-state index in [0.29, 0.717) is 19.5 Å². The largest absolute Gasteiger partial charge is 0.497 e. The predicted molar refractivity (Wildman–Crippen MR) is 120 cm³/mol. The van der Waals surface area contributed by atoms with E-state index in [1.807, 2.05) is 77.0 Å². The summed E-state index contributed by atoms with van der Waals surface area (Å²) < 4.78 is 5.18. The summed E-state index contributed by atoms with van der Waals surface area (Å²) in [6, 6.07) is 15.5. The molecule has 0 N–H and O–H groups in total. The average molecular weight is 425 g/mol. The average Bonchev–Trinajstić information content (AvgIpc) is 3.17. The summed E-state index contributed by atoms with van der Waals surface area (Å²) in [7, 11) is 1.64. The smallest absolute Gasteiger partial charge is 0.254 e. The van der Waals surface area contributed by atoms with Gasteiger partial charge in [-0.3, -0.25) is 9.59 Å². The van der Waals surface area contributed by atoms with Crippen molar-refractivity contribution in [3.05, 3.63) is 65.2 Å². The number of rotatable bonds is 4. The molecule has 158 valence electrons. The Balaban J connectivity index is 1.38. The summed E-state index contributed by atoms with van der Waals surface area (Å²) in [4.78, 5) is 29.8. The number of piperidine rings is 1. The molecule has 0 aliphatic carbocycles. The Kier molecular flexibility index (Phi) is 6.04. The maximum Gasteiger partial charge on any atom is 0.254 e. The van der Waals surface area contributed by atoms with E-state index in [0.717, 1.165) is 47.6 Å². The van der Waals surface area contributed by atoms with E-state index in [1.54, 1.807) is 7.11 Å². The molecule has 0 radical (unpaired) electrons. The summed E-state index contributed by atoms with van der Waals surface area (Å²) >= 11 is 1.87. The van der Waals surface area contributed by atoms with E-state index >= 15 is 0 Å². The molecule has 30 heavy (non-hydrogen) atoms. The van der Waals surface area contributed by atoms with Crippen LogP contribution in [-0.2, 0) is 11.2 Å². The molecule has 2 aromatic rings. The van der Waals surface area contributed by atoms with Gasteiger partial charge in [-0.1, -0.05) is 29.8 Å². The number of hydrogen-bond acceptors (Lipinski definition) is 4. The zero-order chi connectivity index (χ0) is 21.1. The first-order valence-electron chi connectivity index (χ1n) is 10.4. The standard InChI is InChI=1S/C24H28N2O3S/c1-18-3-7-20(8-4-18)23(28)26-15-16-30-24(26)11-13-25(14-12-24)22(27)17-19-5-9-21(29-2)10-6-19/h3-10H,11-17H2,1-2H3. The number of carbonyl (C=O) groups is 2. The molecule has 6 heteroatoms. The lowest BCUT2D eigenvalue weighted by molar-refractivity contribution is -0.132. The predicted octanol–water partition coefficient (Wildman–Crippen LogP) is 3.75. The van der Waals surface area contributed by atoms with Crippen molar-refractivity contribution in [1.29, 1.82) is 0 Å². The molecule has 0 bridgehead atoms. The molecule has 2 amide bonds. The third-order valence-corrected chi connectivity index (χ3v) is 7.69. The molecule has 2 fully saturated rings. The van der Waals surface area contributed by atoms with Gasteiger partial charge in [0.25, 0.3) is 5.91 Å². The van der Waals surface area contributed by atoms with Gasteiger partial charge in [-0.25, -0.2) is 0 Å². The summed E-state index contributed by atoms with van der Waals surface area (Å²) in [6.07, 6.45) is 2.05. The lowest BCUT2D eigenvalue weighted by Crippen LogP contribution is -2.53. The van der Waals surface area contributed by atoms with Gasteiger partial charge in [-0.05, 0) is 49.6 Å². The zero-order valence-electron chi connectivity index (χ0n) is 17.6. The molecule has 2 saturated heterocycles. The number of thioether (sulfide) groups is 1. The first-order chi connectivity index (χ1) is 14.5. The maximum absolute atomic E-state index is 13.2. The normalized spacial score (nSPS) is 17.9. The highest BCUT2D eigenvalue weighted by atomic mass is 32.2. The number of nitrogens with zero attached hydrogens (tertiary/aromatic N) is 2. The first kappa shape index (κ1) is 20.8. The van der Waals surface area contributed by atoms with Gasteiger partial charge < -0.3 is 14.5 Å². The number of amides is 2. The number of carbonyl (C=O) groups excluding carboxylic acids is 2. The first-order valence-corrected chi connectivity index (χ1v) is 11.4. The van der Waals surface area contributed by atoms with Crippen molar-refractivity contribution in [2.45, 2.75) is 31.1 Å². The van der Waals surface area contributed by atoms with Crippen LogP contribution in [0.15, 0.2) is 48.5 Å². The number of aryl methyl sites for hydroxylation is 1. The second-order valence-electron chi connectivity index (χ2n) is 8.02. The van der Waals surface area contributed by atoms with Gasteiger partial charge in [-0.15, -0.1) is 11.8 Å². The van der Waals surface area contributed by atoms with Crippen LogP contribution in [0.4, 0.5) is 0 Å². The fourth-order valence-corrected chi connectivity index (χ4v) is 5.75. The summed E-state index contributed by atoms with van der Waals surface area (Å²) in [6.45, 7) is 4.19. The van der Waals surface area contributed by atoms with Gasteiger partial charge in [0.2, 0.25) is 5.91 Å². The molecule has 0 atom stereocenters. The van der Waals surface area contributed by atoms with Crippen LogP contribution in [0.1, 0.15) is 34.3 Å². The molecule has 4 rings (SSSR count).